The van der Waals surface area contributed by atoms with E-state index >= 15 is 0 Å². The van der Waals surface area contributed by atoms with Gasteiger partial charge in [-0.2, -0.15) is 0 Å². The van der Waals surface area contributed by atoms with Crippen molar-refractivity contribution >= 4 is 5.97 Å². The smallest absolute Gasteiger partial charge is 0.310 e. The second-order valence-electron chi connectivity index (χ2n) is 8.87. The molecule has 0 radical (unpaired) electrons. The third-order valence-electron chi connectivity index (χ3n) is 6.80. The lowest BCUT2D eigenvalue weighted by atomic mass is 9.58. The van der Waals surface area contributed by atoms with Gasteiger partial charge in [-0.05, 0) is 38.0 Å². The normalized spacial score (nSPS) is 51.8. The highest BCUT2D eigenvalue weighted by molar-refractivity contribution is 5.71. The van der Waals surface area contributed by atoms with Crippen LogP contribution in [0.3, 0.4) is 0 Å². The van der Waals surface area contributed by atoms with E-state index in [1.807, 2.05) is 20.8 Å². The number of hydrogen-bond donors (Lipinski definition) is 0. The Bertz CT molecular complexity index is 550. The maximum Gasteiger partial charge on any atom is 0.310 e. The summed E-state index contributed by atoms with van der Waals surface area (Å²) >= 11 is 0. The summed E-state index contributed by atoms with van der Waals surface area (Å²) in [5.41, 5.74) is -0.603. The molecular formula is C19H30O6. The first-order valence-corrected chi connectivity index (χ1v) is 9.67. The Morgan fingerprint density at radius 2 is 1.88 bits per heavy atom. The quantitative estimate of drug-likeness (QED) is 0.559. The summed E-state index contributed by atoms with van der Waals surface area (Å²) in [6, 6.07) is 0. The molecule has 5 rings (SSSR count). The van der Waals surface area contributed by atoms with Gasteiger partial charge in [0.15, 0.2) is 11.9 Å². The van der Waals surface area contributed by atoms with Crippen LogP contribution in [-0.4, -0.2) is 29.9 Å². The van der Waals surface area contributed by atoms with E-state index in [9.17, 15) is 4.79 Å². The maximum atomic E-state index is 12.1. The zero-order valence-corrected chi connectivity index (χ0v) is 15.8. The number of ether oxygens (including phenoxy) is 3. The van der Waals surface area contributed by atoms with Crippen LogP contribution in [0, 0.1) is 29.6 Å². The Balaban J connectivity index is 1.68. The lowest BCUT2D eigenvalue weighted by Gasteiger charge is -2.59. The summed E-state index contributed by atoms with van der Waals surface area (Å²) in [7, 11) is 0. The molecule has 0 amide bonds. The fraction of sp³-hybridized carbons (Fsp3) is 0.947. The molecule has 2 bridgehead atoms. The van der Waals surface area contributed by atoms with Crippen molar-refractivity contribution in [3.05, 3.63) is 0 Å². The molecule has 0 aromatic rings. The highest BCUT2D eigenvalue weighted by Crippen LogP contribution is 2.60. The largest absolute Gasteiger partial charge is 0.435 e. The topological polar surface area (TPSA) is 63.2 Å². The predicted molar refractivity (Wildman–Crippen MR) is 87.8 cm³/mol. The van der Waals surface area contributed by atoms with Gasteiger partial charge < -0.3 is 14.2 Å². The first kappa shape index (κ1) is 17.7. The first-order chi connectivity index (χ1) is 11.8. The van der Waals surface area contributed by atoms with Crippen LogP contribution >= 0.6 is 0 Å². The molecule has 6 nitrogen and oxygen atoms in total. The molecule has 25 heavy (non-hydrogen) atoms. The molecule has 0 aromatic heterocycles. The molecule has 4 heterocycles. The van der Waals surface area contributed by atoms with E-state index in [1.165, 1.54) is 0 Å². The number of hydrogen-bond acceptors (Lipinski definition) is 6. The third-order valence-corrected chi connectivity index (χ3v) is 6.80. The Morgan fingerprint density at radius 3 is 2.60 bits per heavy atom. The van der Waals surface area contributed by atoms with Crippen molar-refractivity contribution in [3.63, 3.8) is 0 Å². The Morgan fingerprint density at radius 1 is 1.12 bits per heavy atom. The summed E-state index contributed by atoms with van der Waals surface area (Å²) < 4.78 is 18.1. The molecule has 1 spiro atoms. The maximum absolute atomic E-state index is 12.1. The number of esters is 1. The Hall–Kier alpha value is -0.690. The molecule has 5 aliphatic rings. The molecule has 5 fully saturated rings. The molecule has 142 valence electrons. The average Bonchev–Trinajstić information content (AvgIpc) is 2.78. The van der Waals surface area contributed by atoms with Gasteiger partial charge in [-0.1, -0.05) is 27.7 Å². The Kier molecular flexibility index (Phi) is 4.19. The van der Waals surface area contributed by atoms with Gasteiger partial charge in [0.25, 0.3) is 0 Å². The van der Waals surface area contributed by atoms with Crippen LogP contribution in [0.15, 0.2) is 0 Å². The molecular weight excluding hydrogens is 324 g/mol. The molecule has 4 aliphatic heterocycles. The van der Waals surface area contributed by atoms with Gasteiger partial charge in [0, 0.05) is 18.3 Å². The number of carbonyl (C=O) groups is 1. The van der Waals surface area contributed by atoms with Crippen molar-refractivity contribution in [1.82, 2.24) is 0 Å². The fourth-order valence-corrected chi connectivity index (χ4v) is 5.26. The van der Waals surface area contributed by atoms with Crippen LogP contribution in [0.1, 0.15) is 60.3 Å². The van der Waals surface area contributed by atoms with E-state index in [0.717, 1.165) is 25.7 Å². The monoisotopic (exact) mass is 354 g/mol. The van der Waals surface area contributed by atoms with Gasteiger partial charge >= 0.3 is 5.97 Å². The zero-order valence-electron chi connectivity index (χ0n) is 15.8. The van der Waals surface area contributed by atoms with Gasteiger partial charge in [0.1, 0.15) is 0 Å². The molecule has 0 aromatic carbocycles. The minimum absolute atomic E-state index is 0.0311. The van der Waals surface area contributed by atoms with Crippen molar-refractivity contribution in [3.8, 4) is 0 Å². The van der Waals surface area contributed by atoms with Crippen LogP contribution in [0.5, 0.6) is 0 Å². The van der Waals surface area contributed by atoms with Crippen LogP contribution in [0.4, 0.5) is 0 Å². The highest BCUT2D eigenvalue weighted by atomic mass is 17.3. The summed E-state index contributed by atoms with van der Waals surface area (Å²) in [5, 5.41) is 0. The summed E-state index contributed by atoms with van der Waals surface area (Å²) in [4.78, 5) is 24.0. The van der Waals surface area contributed by atoms with E-state index in [-0.39, 0.29) is 23.7 Å². The van der Waals surface area contributed by atoms with Crippen molar-refractivity contribution in [2.24, 2.45) is 29.6 Å². The lowest BCUT2D eigenvalue weighted by Crippen LogP contribution is -2.70. The number of carbonyl (C=O) groups excluding carboxylic acids is 1. The highest BCUT2D eigenvalue weighted by Gasteiger charge is 2.69. The minimum atomic E-state index is -0.801. The van der Waals surface area contributed by atoms with Crippen molar-refractivity contribution < 1.29 is 28.8 Å². The van der Waals surface area contributed by atoms with Crippen LogP contribution < -0.4 is 0 Å². The third kappa shape index (κ3) is 2.56. The van der Waals surface area contributed by atoms with E-state index in [0.29, 0.717) is 11.8 Å². The van der Waals surface area contributed by atoms with Crippen molar-refractivity contribution in [1.29, 1.82) is 0 Å². The molecule has 0 N–H and O–H groups in total. The molecule has 6 heteroatoms. The van der Waals surface area contributed by atoms with Gasteiger partial charge in [0.2, 0.25) is 12.1 Å². The Labute approximate surface area is 149 Å². The molecule has 4 saturated heterocycles. The lowest BCUT2D eigenvalue weighted by molar-refractivity contribution is -0.576. The number of rotatable bonds is 2. The van der Waals surface area contributed by atoms with Crippen LogP contribution in [0.2, 0.25) is 0 Å². The molecule has 1 aliphatic carbocycles. The van der Waals surface area contributed by atoms with E-state index in [1.54, 1.807) is 0 Å². The zero-order chi connectivity index (χ0) is 18.0. The van der Waals surface area contributed by atoms with Crippen molar-refractivity contribution in [2.75, 3.05) is 0 Å². The van der Waals surface area contributed by atoms with Crippen molar-refractivity contribution in [2.45, 2.75) is 84.3 Å². The predicted octanol–water partition coefficient (Wildman–Crippen LogP) is 3.39. The summed E-state index contributed by atoms with van der Waals surface area (Å²) in [5.74, 6) is -0.166. The van der Waals surface area contributed by atoms with Gasteiger partial charge in [-0.25, -0.2) is 9.78 Å². The van der Waals surface area contributed by atoms with Gasteiger partial charge in [0.05, 0.1) is 5.92 Å². The number of fused-ring (bicyclic) bond motifs is 2. The summed E-state index contributed by atoms with van der Waals surface area (Å²) in [6.45, 7) is 9.93. The van der Waals surface area contributed by atoms with Crippen LogP contribution in [0.25, 0.3) is 0 Å². The van der Waals surface area contributed by atoms with Gasteiger partial charge in [-0.3, -0.25) is 4.79 Å². The summed E-state index contributed by atoms with van der Waals surface area (Å²) in [6.07, 6.45) is 2.75. The van der Waals surface area contributed by atoms with Crippen LogP contribution in [-0.2, 0) is 28.8 Å². The van der Waals surface area contributed by atoms with E-state index in [4.69, 9.17) is 24.0 Å². The standard InChI is InChI=1S/C19H30O6/c1-10(2)15(20)21-16-12(4)14-7-6-11(3)13-8-9-18(5)23-17(22-16)19(13,14)25-24-18/h10-14,16-17H,6-9H2,1-5H3. The molecule has 8 atom stereocenters. The molecule has 1 saturated carbocycles. The fourth-order valence-electron chi connectivity index (χ4n) is 5.26. The van der Waals surface area contributed by atoms with E-state index < -0.39 is 24.0 Å². The second-order valence-corrected chi connectivity index (χ2v) is 8.87. The average molecular weight is 354 g/mol. The van der Waals surface area contributed by atoms with E-state index in [2.05, 4.69) is 13.8 Å². The van der Waals surface area contributed by atoms with Gasteiger partial charge in [-0.15, -0.1) is 0 Å². The molecule has 8 unspecified atom stereocenters. The first-order valence-electron chi connectivity index (χ1n) is 9.67. The second kappa shape index (κ2) is 5.91. The minimum Gasteiger partial charge on any atom is -0.435 e. The SMILES string of the molecule is CC(C)C(=O)OC1OC2OC3(C)CCC4C(C)CCC(C1C)C24OO3.